The van der Waals surface area contributed by atoms with E-state index in [0.717, 1.165) is 45.9 Å². The molecular weight excluding hydrogens is 609 g/mol. The second kappa shape index (κ2) is 12.2. The van der Waals surface area contributed by atoms with Gasteiger partial charge in [0.25, 0.3) is 0 Å². The van der Waals surface area contributed by atoms with Crippen LogP contribution in [0.25, 0.3) is 83.1 Å². The Morgan fingerprint density at radius 1 is 0.660 bits per heavy atom. The van der Waals surface area contributed by atoms with Gasteiger partial charge in [-0.25, -0.2) is 9.97 Å². The van der Waals surface area contributed by atoms with Crippen LogP contribution in [0.15, 0.2) is 171 Å². The summed E-state index contributed by atoms with van der Waals surface area (Å²) in [4.78, 5) is 10.2. The number of fused-ring (bicyclic) bond motifs is 2. The zero-order chi connectivity index (χ0) is 33.6. The number of hydrogen-bond acceptors (Lipinski definition) is 2. The van der Waals surface area contributed by atoms with E-state index in [9.17, 15) is 0 Å². The maximum atomic E-state index is 5.14. The highest BCUT2D eigenvalue weighted by molar-refractivity contribution is 6.29. The van der Waals surface area contributed by atoms with Crippen molar-refractivity contribution in [3.63, 3.8) is 0 Å². The molecule has 4 nitrogen and oxygen atoms in total. The molecule has 9 rings (SSSR count). The van der Waals surface area contributed by atoms with Crippen molar-refractivity contribution in [3.8, 4) is 34.0 Å². The van der Waals surface area contributed by atoms with Gasteiger partial charge in [0.1, 0.15) is 0 Å². The summed E-state index contributed by atoms with van der Waals surface area (Å²) in [5.74, 6) is 0.713. The lowest BCUT2D eigenvalue weighted by molar-refractivity contribution is 1.12. The summed E-state index contributed by atoms with van der Waals surface area (Å²) < 4.78 is 4.72. The minimum atomic E-state index is 0.713. The first-order valence-electron chi connectivity index (χ1n) is 17.0. The zero-order valence-electron chi connectivity index (χ0n) is 27.8. The third-order valence-corrected chi connectivity index (χ3v) is 9.68. The topological polar surface area (TPSA) is 35.6 Å². The number of aromatic nitrogens is 4. The highest BCUT2D eigenvalue weighted by atomic mass is 15.0. The molecule has 0 N–H and O–H groups in total. The molecule has 0 aliphatic heterocycles. The number of allylic oxidation sites excluding steroid dienone is 5. The Morgan fingerprint density at radius 3 is 2.28 bits per heavy atom. The third-order valence-electron chi connectivity index (χ3n) is 9.68. The van der Waals surface area contributed by atoms with Crippen molar-refractivity contribution in [2.45, 2.75) is 13.3 Å². The van der Waals surface area contributed by atoms with E-state index in [0.29, 0.717) is 5.82 Å². The molecule has 0 spiro atoms. The molecular formula is C46H34N4. The molecule has 0 unspecified atom stereocenters. The number of benzene rings is 6. The van der Waals surface area contributed by atoms with Crippen molar-refractivity contribution in [1.29, 1.82) is 0 Å². The summed E-state index contributed by atoms with van der Waals surface area (Å²) in [7, 11) is 0. The highest BCUT2D eigenvalue weighted by Crippen LogP contribution is 2.43. The first kappa shape index (κ1) is 29.6. The third kappa shape index (κ3) is 4.92. The van der Waals surface area contributed by atoms with Crippen LogP contribution in [0.2, 0.25) is 0 Å². The van der Waals surface area contributed by atoms with E-state index in [1.54, 1.807) is 6.08 Å². The van der Waals surface area contributed by atoms with E-state index in [1.807, 2.05) is 24.3 Å². The Morgan fingerprint density at radius 2 is 1.44 bits per heavy atom. The van der Waals surface area contributed by atoms with Crippen LogP contribution in [-0.2, 0) is 0 Å². The first-order chi connectivity index (χ1) is 24.7. The summed E-state index contributed by atoms with van der Waals surface area (Å²) in [5.41, 5.74) is 10.7. The summed E-state index contributed by atoms with van der Waals surface area (Å²) in [6.07, 6.45) is 11.1. The van der Waals surface area contributed by atoms with Crippen molar-refractivity contribution < 1.29 is 0 Å². The van der Waals surface area contributed by atoms with E-state index in [2.05, 4.69) is 156 Å². The molecule has 238 valence electrons. The van der Waals surface area contributed by atoms with Crippen molar-refractivity contribution in [2.24, 2.45) is 0 Å². The van der Waals surface area contributed by atoms with Crippen LogP contribution in [0.3, 0.4) is 0 Å². The normalized spacial score (nSPS) is 12.3. The molecule has 0 aliphatic carbocycles. The van der Waals surface area contributed by atoms with Crippen molar-refractivity contribution in [1.82, 2.24) is 19.1 Å². The summed E-state index contributed by atoms with van der Waals surface area (Å²) >= 11 is 0. The highest BCUT2D eigenvalue weighted by Gasteiger charge is 2.20. The van der Waals surface area contributed by atoms with Gasteiger partial charge in [0.15, 0.2) is 5.82 Å². The lowest BCUT2D eigenvalue weighted by Crippen LogP contribution is -1.99. The van der Waals surface area contributed by atoms with E-state index < -0.39 is 0 Å². The molecule has 0 atom stereocenters. The van der Waals surface area contributed by atoms with E-state index >= 15 is 0 Å². The maximum absolute atomic E-state index is 5.14. The van der Waals surface area contributed by atoms with Gasteiger partial charge in [-0.1, -0.05) is 116 Å². The molecule has 0 fully saturated rings. The van der Waals surface area contributed by atoms with E-state index in [4.69, 9.17) is 9.97 Å². The van der Waals surface area contributed by atoms with Gasteiger partial charge in [0.2, 0.25) is 0 Å². The van der Waals surface area contributed by atoms with Crippen LogP contribution >= 0.6 is 0 Å². The summed E-state index contributed by atoms with van der Waals surface area (Å²) in [6, 6.07) is 47.5. The average molecular weight is 643 g/mol. The predicted molar refractivity (Wildman–Crippen MR) is 210 cm³/mol. The molecule has 3 aromatic heterocycles. The van der Waals surface area contributed by atoms with E-state index in [1.165, 1.54) is 43.5 Å². The Balaban J connectivity index is 1.26. The number of nitrogens with zero attached hydrogens (tertiary/aromatic N) is 4. The predicted octanol–water partition coefficient (Wildman–Crippen LogP) is 12.0. The van der Waals surface area contributed by atoms with Gasteiger partial charge in [0, 0.05) is 44.9 Å². The molecule has 0 bridgehead atoms. The molecule has 6 aromatic carbocycles. The van der Waals surface area contributed by atoms with Gasteiger partial charge >= 0.3 is 0 Å². The van der Waals surface area contributed by atoms with Crippen LogP contribution in [0.4, 0.5) is 0 Å². The van der Waals surface area contributed by atoms with Crippen molar-refractivity contribution >= 4 is 49.1 Å². The quantitative estimate of drug-likeness (QED) is 0.122. The smallest absolute Gasteiger partial charge is 0.160 e. The number of para-hydroxylation sites is 1. The fourth-order valence-corrected chi connectivity index (χ4v) is 7.30. The average Bonchev–Trinajstić information content (AvgIpc) is 3.76. The Bertz CT molecular complexity index is 2740. The minimum Gasteiger partial charge on any atom is -0.316 e. The molecule has 0 aliphatic rings. The lowest BCUT2D eigenvalue weighted by Gasteiger charge is -2.13. The largest absolute Gasteiger partial charge is 0.316 e. The van der Waals surface area contributed by atoms with Gasteiger partial charge in [-0.3, -0.25) is 0 Å². The molecule has 0 saturated carbocycles. The number of rotatable bonds is 8. The zero-order valence-corrected chi connectivity index (χ0v) is 27.8. The van der Waals surface area contributed by atoms with Crippen molar-refractivity contribution in [2.75, 3.05) is 0 Å². The molecule has 0 saturated heterocycles. The second-order valence-electron chi connectivity index (χ2n) is 12.7. The summed E-state index contributed by atoms with van der Waals surface area (Å²) in [5, 5.41) is 6.36. The van der Waals surface area contributed by atoms with Gasteiger partial charge < -0.3 is 9.13 Å². The molecule has 0 radical (unpaired) electrons. The van der Waals surface area contributed by atoms with Crippen molar-refractivity contribution in [3.05, 3.63) is 176 Å². The Hall–Kier alpha value is -6.52. The summed E-state index contributed by atoms with van der Waals surface area (Å²) in [6.45, 7) is 5.91. The monoisotopic (exact) mass is 642 g/mol. The Kier molecular flexibility index (Phi) is 7.21. The Labute approximate surface area is 290 Å². The SMILES string of the molecule is C=C/C=C\C/C=C(\C)c1cc(-c2cccc(-n3c4cccc5ccc6c7ccn(-c8ccccc8)c7cc3c6c54)c2)nc(-c2ccccc2)n1. The molecule has 50 heavy (non-hydrogen) atoms. The van der Waals surface area contributed by atoms with Crippen LogP contribution in [0.1, 0.15) is 19.0 Å². The molecule has 3 heterocycles. The number of hydrogen-bond donors (Lipinski definition) is 0. The van der Waals surface area contributed by atoms with Crippen LogP contribution in [-0.4, -0.2) is 19.1 Å². The van der Waals surface area contributed by atoms with Gasteiger partial charge in [0.05, 0.1) is 27.9 Å². The first-order valence-corrected chi connectivity index (χ1v) is 17.0. The second-order valence-corrected chi connectivity index (χ2v) is 12.7. The molecule has 4 heteroatoms. The van der Waals surface area contributed by atoms with Crippen LogP contribution < -0.4 is 0 Å². The fourth-order valence-electron chi connectivity index (χ4n) is 7.30. The molecule has 0 amide bonds. The van der Waals surface area contributed by atoms with Gasteiger partial charge in [-0.05, 0) is 78.2 Å². The molecule has 9 aromatic rings. The fraction of sp³-hybridized carbons (Fsp3) is 0.0435. The standard InChI is InChI=1S/C46H34N4/c1-3-4-5-8-15-31(2)39-29-40(48-46(47-39)33-16-9-6-10-17-33)34-19-13-22-36(28-34)50-41-23-14-18-32-24-25-38-37-26-27-49(35-20-11-7-12-21-35)42(37)30-43(50)45(38)44(32)41/h3-7,9-30H,1,8H2,2H3/b5-4-,31-15+. The minimum absolute atomic E-state index is 0.713. The van der Waals surface area contributed by atoms with E-state index in [-0.39, 0.29) is 0 Å². The lowest BCUT2D eigenvalue weighted by atomic mass is 10.00. The maximum Gasteiger partial charge on any atom is 0.160 e. The van der Waals surface area contributed by atoms with Gasteiger partial charge in [-0.2, -0.15) is 0 Å². The van der Waals surface area contributed by atoms with Gasteiger partial charge in [-0.15, -0.1) is 0 Å². The van der Waals surface area contributed by atoms with Crippen LogP contribution in [0.5, 0.6) is 0 Å². The van der Waals surface area contributed by atoms with Crippen LogP contribution in [0, 0.1) is 0 Å².